The van der Waals surface area contributed by atoms with Crippen molar-refractivity contribution in [2.24, 2.45) is 23.7 Å². The quantitative estimate of drug-likeness (QED) is 0.547. The lowest BCUT2D eigenvalue weighted by Crippen LogP contribution is -2.38. The van der Waals surface area contributed by atoms with Crippen LogP contribution in [0.4, 0.5) is 4.79 Å². The first-order chi connectivity index (χ1) is 8.71. The Hall–Kier alpha value is -0.990. The molecule has 0 spiro atoms. The SMILES string of the molecule is C1C2CC3CC1CC(C2)C3.C=COC(=O)OCC. The van der Waals surface area contributed by atoms with Gasteiger partial charge in [0.1, 0.15) is 0 Å². The van der Waals surface area contributed by atoms with Gasteiger partial charge in [-0.1, -0.05) is 6.58 Å². The van der Waals surface area contributed by atoms with E-state index in [4.69, 9.17) is 0 Å². The van der Waals surface area contributed by atoms with Crippen LogP contribution in [0.1, 0.15) is 45.4 Å². The molecule has 3 heteroatoms. The zero-order valence-electron chi connectivity index (χ0n) is 11.3. The maximum Gasteiger partial charge on any atom is 0.513 e. The van der Waals surface area contributed by atoms with E-state index in [9.17, 15) is 4.79 Å². The van der Waals surface area contributed by atoms with Crippen molar-refractivity contribution in [1.82, 2.24) is 0 Å². The summed E-state index contributed by atoms with van der Waals surface area (Å²) in [7, 11) is 0. The van der Waals surface area contributed by atoms with Gasteiger partial charge in [0.2, 0.25) is 0 Å². The molecule has 4 rings (SSSR count). The van der Waals surface area contributed by atoms with Crippen LogP contribution in [0, 0.1) is 23.7 Å². The lowest BCUT2D eigenvalue weighted by atomic mass is 9.56. The van der Waals surface area contributed by atoms with Crippen LogP contribution in [0.25, 0.3) is 0 Å². The van der Waals surface area contributed by atoms with E-state index in [1.54, 1.807) is 45.4 Å². The summed E-state index contributed by atoms with van der Waals surface area (Å²) >= 11 is 0. The minimum absolute atomic E-state index is 0.326. The van der Waals surface area contributed by atoms with Gasteiger partial charge < -0.3 is 9.47 Å². The Bertz CT molecular complexity index is 242. The first-order valence-electron chi connectivity index (χ1n) is 7.15. The average molecular weight is 252 g/mol. The fourth-order valence-corrected chi connectivity index (χ4v) is 4.20. The van der Waals surface area contributed by atoms with Gasteiger partial charge in [0, 0.05) is 0 Å². The molecule has 0 heterocycles. The highest BCUT2D eigenvalue weighted by Gasteiger charge is 2.41. The molecule has 4 fully saturated rings. The molecule has 4 aliphatic rings. The highest BCUT2D eigenvalue weighted by atomic mass is 16.7. The Morgan fingerprint density at radius 2 is 1.44 bits per heavy atom. The van der Waals surface area contributed by atoms with E-state index in [0.29, 0.717) is 6.61 Å². The Morgan fingerprint density at radius 3 is 1.72 bits per heavy atom. The topological polar surface area (TPSA) is 35.5 Å². The second kappa shape index (κ2) is 6.26. The number of hydrogen-bond donors (Lipinski definition) is 0. The maximum absolute atomic E-state index is 10.1. The molecule has 0 saturated heterocycles. The fraction of sp³-hybridized carbons (Fsp3) is 0.800. The highest BCUT2D eigenvalue weighted by molar-refractivity contribution is 5.60. The summed E-state index contributed by atoms with van der Waals surface area (Å²) in [6, 6.07) is 0. The molecule has 0 aromatic rings. The van der Waals surface area contributed by atoms with E-state index < -0.39 is 6.16 Å². The van der Waals surface area contributed by atoms with Crippen LogP contribution >= 0.6 is 0 Å². The third-order valence-corrected chi connectivity index (χ3v) is 4.44. The minimum Gasteiger partial charge on any atom is -0.434 e. The Morgan fingerprint density at radius 1 is 1.06 bits per heavy atom. The monoisotopic (exact) mass is 252 g/mol. The summed E-state index contributed by atoms with van der Waals surface area (Å²) in [5.41, 5.74) is 0. The van der Waals surface area contributed by atoms with Gasteiger partial charge in [-0.3, -0.25) is 0 Å². The van der Waals surface area contributed by atoms with E-state index in [1.165, 1.54) is 23.7 Å². The molecule has 0 N–H and O–H groups in total. The van der Waals surface area contributed by atoms with Gasteiger partial charge >= 0.3 is 6.16 Å². The van der Waals surface area contributed by atoms with Crippen molar-refractivity contribution in [3.05, 3.63) is 12.8 Å². The van der Waals surface area contributed by atoms with Crippen LogP contribution in [0.2, 0.25) is 0 Å². The smallest absolute Gasteiger partial charge is 0.434 e. The van der Waals surface area contributed by atoms with E-state index >= 15 is 0 Å². The lowest BCUT2D eigenvalue weighted by molar-refractivity contribution is 0.0198. The molecule has 0 aromatic carbocycles. The molecule has 0 aliphatic heterocycles. The summed E-state index contributed by atoms with van der Waals surface area (Å²) in [6.45, 7) is 5.18. The van der Waals surface area contributed by atoms with Gasteiger partial charge in [0.15, 0.2) is 0 Å². The van der Waals surface area contributed by atoms with Crippen molar-refractivity contribution in [3.8, 4) is 0 Å². The second-order valence-corrected chi connectivity index (χ2v) is 5.85. The Labute approximate surface area is 110 Å². The Balaban J connectivity index is 0.000000139. The summed E-state index contributed by atoms with van der Waals surface area (Å²) in [5.74, 6) is 4.71. The Kier molecular flexibility index (Phi) is 4.67. The number of carbonyl (C=O) groups is 1. The van der Waals surface area contributed by atoms with Crippen LogP contribution < -0.4 is 0 Å². The number of carbonyl (C=O) groups excluding carboxylic acids is 1. The van der Waals surface area contributed by atoms with Crippen molar-refractivity contribution >= 4 is 6.16 Å². The third-order valence-electron chi connectivity index (χ3n) is 4.44. The highest BCUT2D eigenvalue weighted by Crippen LogP contribution is 2.53. The molecular formula is C15H24O3. The molecule has 0 atom stereocenters. The summed E-state index contributed by atoms with van der Waals surface area (Å²) in [5, 5.41) is 0. The predicted octanol–water partition coefficient (Wildman–Crippen LogP) is 4.14. The van der Waals surface area contributed by atoms with Crippen molar-refractivity contribution in [2.45, 2.75) is 45.4 Å². The van der Waals surface area contributed by atoms with Crippen LogP contribution in [-0.4, -0.2) is 12.8 Å². The average Bonchev–Trinajstić information content (AvgIpc) is 2.28. The summed E-state index contributed by atoms with van der Waals surface area (Å²) in [4.78, 5) is 10.1. The van der Waals surface area contributed by atoms with Gasteiger partial charge in [0.05, 0.1) is 12.9 Å². The van der Waals surface area contributed by atoms with E-state index in [0.717, 1.165) is 6.26 Å². The standard InChI is InChI=1S/C10H16.C5H8O3/c1-7-2-9-4-8(1)5-10(3-7)6-9;1-3-7-5(6)8-4-2/h7-10H,1-6H2;3H,1,4H2,2H3. The molecule has 0 amide bonds. The van der Waals surface area contributed by atoms with E-state index in [2.05, 4.69) is 16.1 Å². The summed E-state index contributed by atoms with van der Waals surface area (Å²) in [6.07, 6.45) is 9.94. The molecular weight excluding hydrogens is 228 g/mol. The molecule has 3 nitrogen and oxygen atoms in total. The summed E-state index contributed by atoms with van der Waals surface area (Å²) < 4.78 is 8.53. The zero-order valence-corrected chi connectivity index (χ0v) is 11.3. The van der Waals surface area contributed by atoms with Crippen LogP contribution in [0.15, 0.2) is 12.8 Å². The van der Waals surface area contributed by atoms with Crippen molar-refractivity contribution in [1.29, 1.82) is 0 Å². The molecule has 4 bridgehead atoms. The first-order valence-corrected chi connectivity index (χ1v) is 7.15. The fourth-order valence-electron chi connectivity index (χ4n) is 4.20. The largest absolute Gasteiger partial charge is 0.513 e. The molecule has 0 radical (unpaired) electrons. The molecule has 4 aliphatic carbocycles. The minimum atomic E-state index is -0.706. The molecule has 0 aromatic heterocycles. The normalized spacial score (nSPS) is 35.4. The van der Waals surface area contributed by atoms with Crippen molar-refractivity contribution in [3.63, 3.8) is 0 Å². The third kappa shape index (κ3) is 3.50. The molecule has 102 valence electrons. The van der Waals surface area contributed by atoms with Gasteiger partial charge in [-0.2, -0.15) is 0 Å². The molecule has 0 unspecified atom stereocenters. The van der Waals surface area contributed by atoms with E-state index in [1.807, 2.05) is 0 Å². The van der Waals surface area contributed by atoms with Crippen LogP contribution in [-0.2, 0) is 9.47 Å². The van der Waals surface area contributed by atoms with Gasteiger partial charge in [-0.25, -0.2) is 4.79 Å². The van der Waals surface area contributed by atoms with E-state index in [-0.39, 0.29) is 0 Å². The van der Waals surface area contributed by atoms with Gasteiger partial charge in [-0.15, -0.1) is 0 Å². The number of rotatable bonds is 2. The van der Waals surface area contributed by atoms with Crippen molar-refractivity contribution in [2.75, 3.05) is 6.61 Å². The second-order valence-electron chi connectivity index (χ2n) is 5.85. The number of ether oxygens (including phenoxy) is 2. The van der Waals surface area contributed by atoms with Crippen LogP contribution in [0.5, 0.6) is 0 Å². The number of hydrogen-bond acceptors (Lipinski definition) is 3. The zero-order chi connectivity index (χ0) is 13.0. The molecule has 4 saturated carbocycles. The van der Waals surface area contributed by atoms with Crippen LogP contribution in [0.3, 0.4) is 0 Å². The molecule has 18 heavy (non-hydrogen) atoms. The first kappa shape index (κ1) is 13.4. The van der Waals surface area contributed by atoms with Gasteiger partial charge in [0.25, 0.3) is 0 Å². The lowest BCUT2D eigenvalue weighted by Gasteiger charge is -2.49. The predicted molar refractivity (Wildman–Crippen MR) is 70.0 cm³/mol. The maximum atomic E-state index is 10.1. The van der Waals surface area contributed by atoms with Gasteiger partial charge in [-0.05, 0) is 69.1 Å². The van der Waals surface area contributed by atoms with Crippen molar-refractivity contribution < 1.29 is 14.3 Å².